The monoisotopic (exact) mass is 328 g/mol. The first-order valence-electron chi connectivity index (χ1n) is 7.93. The van der Waals surface area contributed by atoms with Crippen molar-refractivity contribution in [1.29, 1.82) is 0 Å². The van der Waals surface area contributed by atoms with Crippen molar-refractivity contribution in [1.82, 2.24) is 5.32 Å². The lowest BCUT2D eigenvalue weighted by Gasteiger charge is -2.14. The molecule has 0 bridgehead atoms. The maximum Gasteiger partial charge on any atom is 0.252 e. The second kappa shape index (κ2) is 7.42. The van der Waals surface area contributed by atoms with Crippen LogP contribution < -0.4 is 5.32 Å². The minimum absolute atomic E-state index is 0.0187. The van der Waals surface area contributed by atoms with E-state index in [1.807, 2.05) is 23.6 Å². The highest BCUT2D eigenvalue weighted by Gasteiger charge is 2.24. The van der Waals surface area contributed by atoms with Crippen LogP contribution in [0, 0.1) is 0 Å². The van der Waals surface area contributed by atoms with Gasteiger partial charge < -0.3 is 10.5 Å². The van der Waals surface area contributed by atoms with E-state index >= 15 is 0 Å². The number of hydrogen-bond acceptors (Lipinski definition) is 4. The second-order valence-electron chi connectivity index (χ2n) is 5.70. The number of hydrogen-bond donors (Lipinski definition) is 2. The lowest BCUT2D eigenvalue weighted by atomic mass is 9.94. The summed E-state index contributed by atoms with van der Waals surface area (Å²) in [6.07, 6.45) is 4.47. The summed E-state index contributed by atoms with van der Waals surface area (Å²) in [7, 11) is 0. The largest absolute Gasteiger partial charge is 0.411 e. The molecule has 23 heavy (non-hydrogen) atoms. The lowest BCUT2D eigenvalue weighted by Crippen LogP contribution is -2.26. The van der Waals surface area contributed by atoms with Crippen molar-refractivity contribution >= 4 is 23.0 Å². The molecule has 4 nitrogen and oxygen atoms in total. The van der Waals surface area contributed by atoms with Gasteiger partial charge in [-0.1, -0.05) is 35.5 Å². The molecule has 1 aliphatic rings. The number of thiophene rings is 1. The van der Waals surface area contributed by atoms with Crippen molar-refractivity contribution in [2.45, 2.75) is 32.1 Å². The highest BCUT2D eigenvalue weighted by molar-refractivity contribution is 7.12. The number of nitrogens with one attached hydrogen (secondary N) is 1. The fourth-order valence-corrected chi connectivity index (χ4v) is 4.06. The van der Waals surface area contributed by atoms with Crippen molar-refractivity contribution in [2.75, 3.05) is 6.54 Å². The van der Waals surface area contributed by atoms with Gasteiger partial charge >= 0.3 is 0 Å². The summed E-state index contributed by atoms with van der Waals surface area (Å²) in [6.45, 7) is 0.666. The molecule has 0 fully saturated rings. The van der Waals surface area contributed by atoms with Gasteiger partial charge in [0.1, 0.15) is 0 Å². The molecule has 0 radical (unpaired) electrons. The van der Waals surface area contributed by atoms with Crippen LogP contribution in [-0.2, 0) is 12.8 Å². The van der Waals surface area contributed by atoms with E-state index in [2.05, 4.69) is 22.6 Å². The number of carbonyl (C=O) groups is 1. The summed E-state index contributed by atoms with van der Waals surface area (Å²) < 4.78 is 0. The van der Waals surface area contributed by atoms with Crippen LogP contribution in [0.5, 0.6) is 0 Å². The third kappa shape index (κ3) is 3.62. The molecular weight excluding hydrogens is 308 g/mol. The Hall–Kier alpha value is -2.14. The Balaban J connectivity index is 1.56. The predicted molar refractivity (Wildman–Crippen MR) is 92.7 cm³/mol. The van der Waals surface area contributed by atoms with E-state index in [9.17, 15) is 4.79 Å². The SMILES string of the molecule is O=C(NCCCc1ccccc1)c1csc2c1CCC/C2=N/O. The van der Waals surface area contributed by atoms with Crippen LogP contribution in [0.1, 0.15) is 45.6 Å². The van der Waals surface area contributed by atoms with E-state index in [0.717, 1.165) is 48.1 Å². The second-order valence-corrected chi connectivity index (χ2v) is 6.58. The smallest absolute Gasteiger partial charge is 0.252 e. The van der Waals surface area contributed by atoms with Crippen molar-refractivity contribution in [3.05, 3.63) is 57.3 Å². The first kappa shape index (κ1) is 15.7. The molecule has 0 saturated carbocycles. The highest BCUT2D eigenvalue weighted by atomic mass is 32.1. The average Bonchev–Trinajstić information content (AvgIpc) is 3.03. The predicted octanol–water partition coefficient (Wildman–Crippen LogP) is 3.63. The van der Waals surface area contributed by atoms with Crippen molar-refractivity contribution in [3.8, 4) is 0 Å². The Kier molecular flexibility index (Phi) is 5.08. The molecule has 0 saturated heterocycles. The van der Waals surface area contributed by atoms with E-state index in [1.165, 1.54) is 16.9 Å². The van der Waals surface area contributed by atoms with E-state index in [4.69, 9.17) is 5.21 Å². The van der Waals surface area contributed by atoms with Crippen LogP contribution in [-0.4, -0.2) is 23.4 Å². The summed E-state index contributed by atoms with van der Waals surface area (Å²) in [4.78, 5) is 13.3. The Labute approximate surface area is 139 Å². The average molecular weight is 328 g/mol. The van der Waals surface area contributed by atoms with Gasteiger partial charge in [0, 0.05) is 11.9 Å². The van der Waals surface area contributed by atoms with Gasteiger partial charge in [0.15, 0.2) is 0 Å². The molecule has 1 aromatic carbocycles. The first-order chi connectivity index (χ1) is 11.3. The summed E-state index contributed by atoms with van der Waals surface area (Å²) in [5.41, 5.74) is 3.78. The molecule has 5 heteroatoms. The number of amides is 1. The van der Waals surface area contributed by atoms with Crippen LogP contribution in [0.3, 0.4) is 0 Å². The van der Waals surface area contributed by atoms with Gasteiger partial charge in [-0.15, -0.1) is 11.3 Å². The Morgan fingerprint density at radius 2 is 2.09 bits per heavy atom. The summed E-state index contributed by atoms with van der Waals surface area (Å²) in [6, 6.07) is 10.3. The Morgan fingerprint density at radius 3 is 2.87 bits per heavy atom. The summed E-state index contributed by atoms with van der Waals surface area (Å²) >= 11 is 1.50. The maximum atomic E-state index is 12.4. The molecule has 2 N–H and O–H groups in total. The molecule has 1 heterocycles. The first-order valence-corrected chi connectivity index (χ1v) is 8.81. The van der Waals surface area contributed by atoms with Crippen molar-refractivity contribution < 1.29 is 10.0 Å². The van der Waals surface area contributed by atoms with E-state index in [1.54, 1.807) is 0 Å². The molecule has 3 rings (SSSR count). The minimum atomic E-state index is -0.0187. The van der Waals surface area contributed by atoms with E-state index < -0.39 is 0 Å². The topological polar surface area (TPSA) is 61.7 Å². The molecule has 1 aromatic heterocycles. The molecule has 0 atom stereocenters. The zero-order chi connectivity index (χ0) is 16.1. The normalized spacial score (nSPS) is 15.4. The van der Waals surface area contributed by atoms with Gasteiger partial charge in [-0.2, -0.15) is 0 Å². The molecule has 2 aromatic rings. The third-order valence-corrected chi connectivity index (χ3v) is 5.20. The van der Waals surface area contributed by atoms with Gasteiger partial charge in [-0.25, -0.2) is 0 Å². The number of fused-ring (bicyclic) bond motifs is 1. The van der Waals surface area contributed by atoms with Gasteiger partial charge in [-0.05, 0) is 43.2 Å². The molecule has 0 spiro atoms. The minimum Gasteiger partial charge on any atom is -0.411 e. The molecule has 1 aliphatic carbocycles. The zero-order valence-electron chi connectivity index (χ0n) is 12.9. The molecule has 1 amide bonds. The number of aryl methyl sites for hydroxylation is 1. The lowest BCUT2D eigenvalue weighted by molar-refractivity contribution is 0.0952. The maximum absolute atomic E-state index is 12.4. The zero-order valence-corrected chi connectivity index (χ0v) is 13.7. The number of rotatable bonds is 5. The van der Waals surface area contributed by atoms with Gasteiger partial charge in [0.05, 0.1) is 16.2 Å². The van der Waals surface area contributed by atoms with Crippen molar-refractivity contribution in [3.63, 3.8) is 0 Å². The van der Waals surface area contributed by atoms with E-state index in [0.29, 0.717) is 12.3 Å². The summed E-state index contributed by atoms with van der Waals surface area (Å²) in [5, 5.41) is 17.3. The number of nitrogens with zero attached hydrogens (tertiary/aromatic N) is 1. The van der Waals surface area contributed by atoms with Crippen LogP contribution >= 0.6 is 11.3 Å². The molecular formula is C18H20N2O2S. The molecule has 120 valence electrons. The van der Waals surface area contributed by atoms with Crippen LogP contribution in [0.25, 0.3) is 0 Å². The quantitative estimate of drug-likeness (QED) is 0.500. The molecule has 0 unspecified atom stereocenters. The van der Waals surface area contributed by atoms with Crippen LogP contribution in [0.4, 0.5) is 0 Å². The standard InChI is InChI=1S/C18H20N2O2S/c21-18(19-11-5-8-13-6-2-1-3-7-13)15-12-23-17-14(15)9-4-10-16(17)20-22/h1-3,6-7,12,22H,4-5,8-11H2,(H,19,21)/b20-16-. The number of oxime groups is 1. The van der Waals surface area contributed by atoms with Crippen LogP contribution in [0.2, 0.25) is 0 Å². The molecule has 0 aliphatic heterocycles. The Morgan fingerprint density at radius 1 is 1.26 bits per heavy atom. The van der Waals surface area contributed by atoms with Gasteiger partial charge in [0.25, 0.3) is 5.91 Å². The van der Waals surface area contributed by atoms with E-state index in [-0.39, 0.29) is 5.91 Å². The third-order valence-electron chi connectivity index (χ3n) is 4.13. The fourth-order valence-electron chi connectivity index (χ4n) is 2.94. The van der Waals surface area contributed by atoms with Crippen molar-refractivity contribution in [2.24, 2.45) is 5.16 Å². The van der Waals surface area contributed by atoms with Crippen LogP contribution in [0.15, 0.2) is 40.9 Å². The highest BCUT2D eigenvalue weighted by Crippen LogP contribution is 2.30. The van der Waals surface area contributed by atoms with Gasteiger partial charge in [0.2, 0.25) is 0 Å². The van der Waals surface area contributed by atoms with Gasteiger partial charge in [-0.3, -0.25) is 4.79 Å². The summed E-state index contributed by atoms with van der Waals surface area (Å²) in [5.74, 6) is -0.0187. The number of benzene rings is 1. The number of carbonyl (C=O) groups excluding carboxylic acids is 1. The Bertz CT molecular complexity index is 707. The fraction of sp³-hybridized carbons (Fsp3) is 0.333.